The zero-order chi connectivity index (χ0) is 26.0. The number of amides is 4. The van der Waals surface area contributed by atoms with Gasteiger partial charge in [0.1, 0.15) is 18.1 Å². The molecule has 0 aliphatic heterocycles. The van der Waals surface area contributed by atoms with E-state index in [0.717, 1.165) is 0 Å². The SMILES string of the molecule is NC(=O)CC(NC(=O)C(CO)NC(=O)C(N)Cc1cnc[nH]1)C(=O)NC(Cc1cnc[nH]1)C(=O)O. The van der Waals surface area contributed by atoms with Crippen molar-refractivity contribution in [2.24, 2.45) is 11.5 Å². The van der Waals surface area contributed by atoms with E-state index in [1.54, 1.807) is 0 Å². The summed E-state index contributed by atoms with van der Waals surface area (Å²) in [6.07, 6.45) is 4.82. The van der Waals surface area contributed by atoms with E-state index >= 15 is 0 Å². The smallest absolute Gasteiger partial charge is 0.326 e. The molecule has 190 valence electrons. The molecule has 0 saturated heterocycles. The van der Waals surface area contributed by atoms with Crippen LogP contribution >= 0.6 is 0 Å². The molecule has 4 unspecified atom stereocenters. The van der Waals surface area contributed by atoms with Gasteiger partial charge in [0.05, 0.1) is 31.7 Å². The number of nitrogens with one attached hydrogen (secondary N) is 5. The van der Waals surface area contributed by atoms with Crippen LogP contribution in [0.2, 0.25) is 0 Å². The van der Waals surface area contributed by atoms with Crippen molar-refractivity contribution < 1.29 is 34.2 Å². The summed E-state index contributed by atoms with van der Waals surface area (Å²) in [6, 6.07) is -5.59. The van der Waals surface area contributed by atoms with Crippen LogP contribution in [-0.2, 0) is 36.8 Å². The summed E-state index contributed by atoms with van der Waals surface area (Å²) in [4.78, 5) is 73.7. The van der Waals surface area contributed by atoms with Gasteiger partial charge in [-0.3, -0.25) is 19.2 Å². The number of carboxylic acid groups (broad SMARTS) is 1. The monoisotopic (exact) mass is 493 g/mol. The summed E-state index contributed by atoms with van der Waals surface area (Å²) in [5, 5.41) is 25.6. The third-order valence-corrected chi connectivity index (χ3v) is 4.78. The average molecular weight is 493 g/mol. The lowest BCUT2D eigenvalue weighted by molar-refractivity contribution is -0.142. The summed E-state index contributed by atoms with van der Waals surface area (Å²) in [7, 11) is 0. The lowest BCUT2D eigenvalue weighted by Gasteiger charge is -2.23. The van der Waals surface area contributed by atoms with Crippen molar-refractivity contribution in [3.8, 4) is 0 Å². The van der Waals surface area contributed by atoms with Crippen molar-refractivity contribution in [3.05, 3.63) is 36.4 Å². The number of aromatic nitrogens is 4. The van der Waals surface area contributed by atoms with Crippen molar-refractivity contribution in [2.45, 2.75) is 43.4 Å². The number of carboxylic acids is 1. The number of imidazole rings is 2. The van der Waals surface area contributed by atoms with Crippen LogP contribution in [0.5, 0.6) is 0 Å². The molecule has 4 atom stereocenters. The number of rotatable bonds is 14. The minimum atomic E-state index is -1.58. The fraction of sp³-hybridized carbons (Fsp3) is 0.421. The Morgan fingerprint density at radius 3 is 1.86 bits per heavy atom. The molecule has 0 spiro atoms. The van der Waals surface area contributed by atoms with Gasteiger partial charge in [-0.2, -0.15) is 0 Å². The van der Waals surface area contributed by atoms with Crippen molar-refractivity contribution in [3.63, 3.8) is 0 Å². The van der Waals surface area contributed by atoms with E-state index in [-0.39, 0.29) is 12.8 Å². The zero-order valence-electron chi connectivity index (χ0n) is 18.4. The number of carbonyl (C=O) groups is 5. The molecule has 0 radical (unpaired) electrons. The highest BCUT2D eigenvalue weighted by Crippen LogP contribution is 2.02. The second kappa shape index (κ2) is 12.8. The second-order valence-electron chi connectivity index (χ2n) is 7.54. The Bertz CT molecular complexity index is 1010. The Labute approximate surface area is 198 Å². The van der Waals surface area contributed by atoms with Crippen molar-refractivity contribution in [1.29, 1.82) is 0 Å². The average Bonchev–Trinajstić information content (AvgIpc) is 3.50. The van der Waals surface area contributed by atoms with E-state index in [2.05, 4.69) is 35.9 Å². The minimum Gasteiger partial charge on any atom is -0.480 e. The number of nitrogens with zero attached hydrogens (tertiary/aromatic N) is 2. The molecule has 0 aliphatic carbocycles. The maximum Gasteiger partial charge on any atom is 0.326 e. The fourth-order valence-corrected chi connectivity index (χ4v) is 2.97. The Morgan fingerprint density at radius 1 is 0.857 bits per heavy atom. The normalized spacial score (nSPS) is 14.2. The Balaban J connectivity index is 2.03. The summed E-state index contributed by atoms with van der Waals surface area (Å²) in [5.41, 5.74) is 11.9. The molecule has 0 fully saturated rings. The van der Waals surface area contributed by atoms with Gasteiger partial charge in [-0.25, -0.2) is 14.8 Å². The first kappa shape index (κ1) is 26.9. The minimum absolute atomic E-state index is 0.0746. The molecule has 2 aromatic heterocycles. The number of aliphatic hydroxyl groups is 1. The standard InChI is InChI=1S/C19H27N9O7/c20-11(1-9-4-22-7-24-9)16(31)28-14(6-29)18(33)26-12(3-15(21)30)17(32)27-13(19(34)35)2-10-5-23-8-25-10/h4-5,7-8,11-14,29H,1-3,6,20H2,(H2,21,30)(H,22,24)(H,23,25)(H,26,33)(H,27,32)(H,28,31)(H,34,35). The lowest BCUT2D eigenvalue weighted by Crippen LogP contribution is -2.59. The van der Waals surface area contributed by atoms with E-state index in [0.29, 0.717) is 11.4 Å². The molecule has 16 nitrogen and oxygen atoms in total. The predicted octanol–water partition coefficient (Wildman–Crippen LogP) is -4.35. The van der Waals surface area contributed by atoms with Gasteiger partial charge in [-0.1, -0.05) is 0 Å². The number of hydrogen-bond donors (Lipinski definition) is 9. The van der Waals surface area contributed by atoms with Crippen molar-refractivity contribution in [2.75, 3.05) is 6.61 Å². The maximum atomic E-state index is 12.7. The molecule has 0 aromatic carbocycles. The number of hydrogen-bond acceptors (Lipinski definition) is 9. The van der Waals surface area contributed by atoms with Gasteiger partial charge in [-0.15, -0.1) is 0 Å². The Morgan fingerprint density at radius 2 is 1.37 bits per heavy atom. The lowest BCUT2D eigenvalue weighted by atomic mass is 10.1. The van der Waals surface area contributed by atoms with E-state index in [1.165, 1.54) is 25.0 Å². The van der Waals surface area contributed by atoms with Crippen LogP contribution in [0, 0.1) is 0 Å². The van der Waals surface area contributed by atoms with Gasteiger partial charge in [-0.05, 0) is 0 Å². The van der Waals surface area contributed by atoms with Gasteiger partial charge in [0.2, 0.25) is 23.6 Å². The highest BCUT2D eigenvalue weighted by Gasteiger charge is 2.31. The number of H-pyrrole nitrogens is 2. The molecule has 0 aliphatic rings. The second-order valence-corrected chi connectivity index (χ2v) is 7.54. The van der Waals surface area contributed by atoms with Gasteiger partial charge in [0.15, 0.2) is 0 Å². The van der Waals surface area contributed by atoms with E-state index in [1.807, 2.05) is 0 Å². The summed E-state index contributed by atoms with van der Waals surface area (Å²) >= 11 is 0. The largest absolute Gasteiger partial charge is 0.480 e. The van der Waals surface area contributed by atoms with Crippen LogP contribution in [0.4, 0.5) is 0 Å². The number of carbonyl (C=O) groups excluding carboxylic acids is 4. The molecule has 11 N–H and O–H groups in total. The van der Waals surface area contributed by atoms with Crippen LogP contribution < -0.4 is 27.4 Å². The van der Waals surface area contributed by atoms with Gasteiger partial charge in [0.25, 0.3) is 0 Å². The number of aliphatic carboxylic acids is 1. The number of aliphatic hydroxyl groups excluding tert-OH is 1. The fourth-order valence-electron chi connectivity index (χ4n) is 2.97. The van der Waals surface area contributed by atoms with Crippen LogP contribution in [0.1, 0.15) is 17.8 Å². The van der Waals surface area contributed by atoms with Crippen LogP contribution in [0.3, 0.4) is 0 Å². The highest BCUT2D eigenvalue weighted by atomic mass is 16.4. The molecular formula is C19H27N9O7. The molecule has 4 amide bonds. The molecule has 2 rings (SSSR count). The van der Waals surface area contributed by atoms with Crippen molar-refractivity contribution in [1.82, 2.24) is 35.9 Å². The van der Waals surface area contributed by atoms with Crippen LogP contribution in [0.25, 0.3) is 0 Å². The molecule has 2 heterocycles. The topological polar surface area (TPSA) is 271 Å². The van der Waals surface area contributed by atoms with E-state index in [9.17, 15) is 34.2 Å². The molecular weight excluding hydrogens is 466 g/mol. The van der Waals surface area contributed by atoms with Gasteiger partial charge in [0, 0.05) is 36.6 Å². The van der Waals surface area contributed by atoms with E-state index < -0.39 is 66.8 Å². The number of primary amides is 1. The first-order chi connectivity index (χ1) is 16.6. The Kier molecular flexibility index (Phi) is 9.85. The Hall–Kier alpha value is -4.31. The number of aromatic amines is 2. The first-order valence-electron chi connectivity index (χ1n) is 10.3. The summed E-state index contributed by atoms with van der Waals surface area (Å²) in [6.45, 7) is -0.850. The molecule has 35 heavy (non-hydrogen) atoms. The van der Waals surface area contributed by atoms with Crippen LogP contribution in [0.15, 0.2) is 25.0 Å². The van der Waals surface area contributed by atoms with Gasteiger partial charge < -0.3 is 47.6 Å². The maximum absolute atomic E-state index is 12.7. The third kappa shape index (κ3) is 8.52. The predicted molar refractivity (Wildman–Crippen MR) is 117 cm³/mol. The molecule has 0 saturated carbocycles. The number of nitrogens with two attached hydrogens (primary N) is 2. The molecule has 16 heteroatoms. The van der Waals surface area contributed by atoms with Crippen molar-refractivity contribution >= 4 is 29.6 Å². The first-order valence-corrected chi connectivity index (χ1v) is 10.3. The van der Waals surface area contributed by atoms with E-state index in [4.69, 9.17) is 11.5 Å². The summed E-state index contributed by atoms with van der Waals surface area (Å²) in [5.74, 6) is -5.13. The zero-order valence-corrected chi connectivity index (χ0v) is 18.4. The highest BCUT2D eigenvalue weighted by molar-refractivity contribution is 5.96. The molecule has 0 bridgehead atoms. The quantitative estimate of drug-likeness (QED) is 0.122. The van der Waals surface area contributed by atoms with Crippen LogP contribution in [-0.4, -0.2) is 90.5 Å². The summed E-state index contributed by atoms with van der Waals surface area (Å²) < 4.78 is 0. The van der Waals surface area contributed by atoms with Gasteiger partial charge >= 0.3 is 5.97 Å². The third-order valence-electron chi connectivity index (χ3n) is 4.78. The molecule has 2 aromatic rings.